The summed E-state index contributed by atoms with van der Waals surface area (Å²) in [6, 6.07) is 0. The first kappa shape index (κ1) is 9.03. The molecule has 0 amide bonds. The number of carbonyl (C=O) groups excluding carboxylic acids is 1. The van der Waals surface area contributed by atoms with Gasteiger partial charge in [0.05, 0.1) is 12.2 Å². The van der Waals surface area contributed by atoms with Gasteiger partial charge in [0, 0.05) is 10.9 Å². The Kier molecular flexibility index (Phi) is 3.08. The molecule has 0 saturated carbocycles. The lowest BCUT2D eigenvalue weighted by Gasteiger charge is -2.16. The van der Waals surface area contributed by atoms with E-state index in [0.717, 1.165) is 6.42 Å². The molecular weight excluding hydrogens is 163 g/mol. The van der Waals surface area contributed by atoms with E-state index in [2.05, 4.69) is 4.94 Å². The van der Waals surface area contributed by atoms with Gasteiger partial charge in [-0.3, -0.25) is 4.94 Å². The van der Waals surface area contributed by atoms with Crippen LogP contribution in [0.25, 0.3) is 0 Å². The molecule has 4 heteroatoms. The maximum Gasteiger partial charge on any atom is 0.349 e. The quantitative estimate of drug-likeness (QED) is 0.696. The molecule has 68 valence electrons. The van der Waals surface area contributed by atoms with Crippen molar-refractivity contribution in [2.24, 2.45) is 5.92 Å². The average molecular weight is 174 g/mol. The van der Waals surface area contributed by atoms with Gasteiger partial charge in [-0.1, -0.05) is 0 Å². The molecule has 0 bridgehead atoms. The lowest BCUT2D eigenvalue weighted by Crippen LogP contribution is -2.11. The normalized spacial score (nSPS) is 23.1. The summed E-state index contributed by atoms with van der Waals surface area (Å²) in [4.78, 5) is 13.5. The van der Waals surface area contributed by atoms with Crippen LogP contribution < -0.4 is 0 Å². The van der Waals surface area contributed by atoms with Crippen LogP contribution in [0.1, 0.15) is 25.7 Å². The predicted molar refractivity (Wildman–Crippen MR) is 39.9 cm³/mol. The molecule has 0 aromatic heterocycles. The van der Waals surface area contributed by atoms with Crippen molar-refractivity contribution in [3.63, 3.8) is 0 Å². The average Bonchev–Trinajstić information content (AvgIpc) is 2.09. The number of aliphatic hydroxyl groups excluding tert-OH is 1. The molecule has 0 aliphatic heterocycles. The second-order valence-corrected chi connectivity index (χ2v) is 2.99. The Morgan fingerprint density at radius 3 is 3.08 bits per heavy atom. The highest BCUT2D eigenvalue weighted by Crippen LogP contribution is 2.24. The van der Waals surface area contributed by atoms with Crippen LogP contribution in [0.5, 0.6) is 0 Å². The first-order valence-corrected chi connectivity index (χ1v) is 3.91. The van der Waals surface area contributed by atoms with E-state index in [1.165, 1.54) is 0 Å². The van der Waals surface area contributed by atoms with Gasteiger partial charge < -0.3 is 5.11 Å². The van der Waals surface area contributed by atoms with E-state index < -0.39 is 5.97 Å². The van der Waals surface area contributed by atoms with Crippen molar-refractivity contribution in [1.82, 2.24) is 0 Å². The fourth-order valence-corrected chi connectivity index (χ4v) is 1.33. The zero-order valence-electron chi connectivity index (χ0n) is 6.62. The molecule has 0 heterocycles. The standard InChI is InChI=1S/C8H11FO3/c9-12-8(11)5-6-1-3-7(10)4-2-6/h3,6,10H,1-2,4-5H2. The largest absolute Gasteiger partial charge is 0.513 e. The van der Waals surface area contributed by atoms with Gasteiger partial charge in [-0.15, -0.1) is 0 Å². The molecule has 1 rings (SSSR count). The first-order valence-electron chi connectivity index (χ1n) is 3.91. The summed E-state index contributed by atoms with van der Waals surface area (Å²) in [6.45, 7) is 0. The van der Waals surface area contributed by atoms with Crippen molar-refractivity contribution in [1.29, 1.82) is 0 Å². The van der Waals surface area contributed by atoms with Crippen molar-refractivity contribution in [3.8, 4) is 0 Å². The second-order valence-electron chi connectivity index (χ2n) is 2.99. The molecular formula is C8H11FO3. The van der Waals surface area contributed by atoms with Gasteiger partial charge in [0.1, 0.15) is 0 Å². The minimum absolute atomic E-state index is 0.0975. The summed E-state index contributed by atoms with van der Waals surface area (Å²) in [7, 11) is 0. The van der Waals surface area contributed by atoms with E-state index >= 15 is 0 Å². The van der Waals surface area contributed by atoms with Crippen LogP contribution in [-0.4, -0.2) is 11.1 Å². The van der Waals surface area contributed by atoms with Crippen LogP contribution in [0.15, 0.2) is 11.8 Å². The molecule has 1 aliphatic carbocycles. The molecule has 0 aromatic rings. The van der Waals surface area contributed by atoms with Gasteiger partial charge in [0.2, 0.25) is 0 Å². The van der Waals surface area contributed by atoms with E-state index in [1.54, 1.807) is 6.08 Å². The van der Waals surface area contributed by atoms with Crippen LogP contribution in [0.2, 0.25) is 0 Å². The van der Waals surface area contributed by atoms with Crippen LogP contribution in [0.3, 0.4) is 0 Å². The Labute approximate surface area is 69.7 Å². The monoisotopic (exact) mass is 174 g/mol. The van der Waals surface area contributed by atoms with E-state index in [-0.39, 0.29) is 12.3 Å². The fraction of sp³-hybridized carbons (Fsp3) is 0.625. The van der Waals surface area contributed by atoms with E-state index in [0.29, 0.717) is 18.6 Å². The molecule has 1 atom stereocenters. The van der Waals surface area contributed by atoms with Crippen molar-refractivity contribution in [2.45, 2.75) is 25.7 Å². The van der Waals surface area contributed by atoms with Gasteiger partial charge >= 0.3 is 5.97 Å². The lowest BCUT2D eigenvalue weighted by atomic mass is 9.91. The summed E-state index contributed by atoms with van der Waals surface area (Å²) in [5.74, 6) is -0.348. The van der Waals surface area contributed by atoms with Crippen molar-refractivity contribution in [2.75, 3.05) is 0 Å². The zero-order chi connectivity index (χ0) is 8.97. The van der Waals surface area contributed by atoms with Gasteiger partial charge in [-0.25, -0.2) is 4.79 Å². The third-order valence-corrected chi connectivity index (χ3v) is 2.04. The SMILES string of the molecule is O=C(CC1CC=C(O)CC1)OF. The zero-order valence-corrected chi connectivity index (χ0v) is 6.62. The van der Waals surface area contributed by atoms with E-state index in [9.17, 15) is 9.32 Å². The van der Waals surface area contributed by atoms with Gasteiger partial charge in [0.25, 0.3) is 0 Å². The molecule has 1 unspecified atom stereocenters. The van der Waals surface area contributed by atoms with Crippen LogP contribution >= 0.6 is 0 Å². The molecule has 12 heavy (non-hydrogen) atoms. The molecule has 1 N–H and O–H groups in total. The minimum atomic E-state index is -0.824. The third-order valence-electron chi connectivity index (χ3n) is 2.04. The van der Waals surface area contributed by atoms with E-state index in [1.807, 2.05) is 0 Å². The van der Waals surface area contributed by atoms with Gasteiger partial charge in [-0.05, 0) is 24.8 Å². The van der Waals surface area contributed by atoms with Crippen LogP contribution in [0.4, 0.5) is 4.53 Å². The Hall–Kier alpha value is -1.06. The summed E-state index contributed by atoms with van der Waals surface area (Å²) < 4.78 is 11.3. The van der Waals surface area contributed by atoms with Crippen molar-refractivity contribution in [3.05, 3.63) is 11.8 Å². The van der Waals surface area contributed by atoms with Crippen LogP contribution in [-0.2, 0) is 9.74 Å². The van der Waals surface area contributed by atoms with Crippen LogP contribution in [0, 0.1) is 5.92 Å². The Balaban J connectivity index is 2.32. The number of hydrogen-bond donors (Lipinski definition) is 1. The highest BCUT2D eigenvalue weighted by molar-refractivity contribution is 5.68. The van der Waals surface area contributed by atoms with Crippen molar-refractivity contribution < 1.29 is 19.4 Å². The molecule has 0 saturated heterocycles. The molecule has 3 nitrogen and oxygen atoms in total. The number of carbonyl (C=O) groups is 1. The third kappa shape index (κ3) is 2.53. The lowest BCUT2D eigenvalue weighted by molar-refractivity contribution is -0.184. The summed E-state index contributed by atoms with van der Waals surface area (Å²) >= 11 is 0. The van der Waals surface area contributed by atoms with Gasteiger partial charge in [-0.2, -0.15) is 0 Å². The number of rotatable bonds is 2. The van der Waals surface area contributed by atoms with Gasteiger partial charge in [0.15, 0.2) is 0 Å². The second kappa shape index (κ2) is 4.09. The minimum Gasteiger partial charge on any atom is -0.513 e. The predicted octanol–water partition coefficient (Wildman–Crippen LogP) is 2.05. The number of halogens is 1. The molecule has 0 radical (unpaired) electrons. The molecule has 0 fully saturated rings. The maximum absolute atomic E-state index is 11.3. The Morgan fingerprint density at radius 1 is 1.83 bits per heavy atom. The molecule has 0 spiro atoms. The molecule has 1 aliphatic rings. The summed E-state index contributed by atoms with van der Waals surface area (Å²) in [5.41, 5.74) is 0. The number of allylic oxidation sites excluding steroid dienone is 2. The molecule has 0 aromatic carbocycles. The maximum atomic E-state index is 11.3. The fourth-order valence-electron chi connectivity index (χ4n) is 1.33. The van der Waals surface area contributed by atoms with E-state index in [4.69, 9.17) is 5.11 Å². The van der Waals surface area contributed by atoms with Crippen molar-refractivity contribution >= 4 is 5.97 Å². The topological polar surface area (TPSA) is 46.5 Å². The smallest absolute Gasteiger partial charge is 0.349 e. The Bertz CT molecular complexity index is 200. The Morgan fingerprint density at radius 2 is 2.58 bits per heavy atom. The first-order chi connectivity index (χ1) is 5.72. The highest BCUT2D eigenvalue weighted by atomic mass is 19.3. The highest BCUT2D eigenvalue weighted by Gasteiger charge is 2.18. The summed E-state index contributed by atoms with van der Waals surface area (Å²) in [6.07, 6.45) is 3.68. The summed E-state index contributed by atoms with van der Waals surface area (Å²) in [5, 5.41) is 8.99. The number of aliphatic hydroxyl groups is 1. The number of hydrogen-bond acceptors (Lipinski definition) is 3.